The van der Waals surface area contributed by atoms with Crippen molar-refractivity contribution in [2.45, 2.75) is 19.3 Å². The highest BCUT2D eigenvalue weighted by molar-refractivity contribution is 7.66. The summed E-state index contributed by atoms with van der Waals surface area (Å²) in [7, 11) is -15.8. The molecule has 13 heteroatoms. The van der Waals surface area contributed by atoms with E-state index in [4.69, 9.17) is 19.6 Å². The van der Waals surface area contributed by atoms with Crippen molar-refractivity contribution in [2.24, 2.45) is 0 Å². The van der Waals surface area contributed by atoms with E-state index in [0.717, 1.165) is 0 Å². The summed E-state index contributed by atoms with van der Waals surface area (Å²) in [6, 6.07) is 0. The molecular weight excluding hydrogens is 313 g/mol. The second kappa shape index (κ2) is 5.54. The summed E-state index contributed by atoms with van der Waals surface area (Å²) in [4.78, 5) is 34.5. The number of rotatable bonds is 6. The van der Waals surface area contributed by atoms with E-state index in [9.17, 15) is 13.7 Å². The van der Waals surface area contributed by atoms with Crippen molar-refractivity contribution < 1.29 is 46.4 Å². The van der Waals surface area contributed by atoms with Gasteiger partial charge in [-0.1, -0.05) is 0 Å². The Morgan fingerprint density at radius 1 is 1.00 bits per heavy atom. The summed E-state index contributed by atoms with van der Waals surface area (Å²) in [5.74, 6) is 0.0945. The highest BCUT2D eigenvalue weighted by atomic mass is 31.3. The molecule has 0 radical (unpaired) electrons. The summed E-state index contributed by atoms with van der Waals surface area (Å²) >= 11 is 0. The molecule has 1 aliphatic carbocycles. The number of phosphoric acid groups is 3. The fourth-order valence-corrected chi connectivity index (χ4v) is 4.27. The van der Waals surface area contributed by atoms with Crippen LogP contribution in [0.15, 0.2) is 11.8 Å². The van der Waals surface area contributed by atoms with E-state index in [-0.39, 0.29) is 5.76 Å². The van der Waals surface area contributed by atoms with Crippen molar-refractivity contribution in [1.82, 2.24) is 0 Å². The molecule has 18 heavy (non-hydrogen) atoms. The Morgan fingerprint density at radius 2 is 1.61 bits per heavy atom. The van der Waals surface area contributed by atoms with Gasteiger partial charge in [-0.15, -0.1) is 0 Å². The van der Waals surface area contributed by atoms with Gasteiger partial charge in [-0.3, -0.25) is 4.89 Å². The largest absolute Gasteiger partial charge is 0.536 e. The first kappa shape index (κ1) is 16.0. The van der Waals surface area contributed by atoms with Crippen LogP contribution in [0.25, 0.3) is 0 Å². The SMILES string of the molecule is O=P(O)(O)OP(=O)(O)OP(=O)(O)OC1=CCCC1. The van der Waals surface area contributed by atoms with Crippen LogP contribution in [-0.4, -0.2) is 19.6 Å². The number of hydrogen-bond donors (Lipinski definition) is 4. The molecule has 0 bridgehead atoms. The number of allylic oxidation sites excluding steroid dienone is 2. The molecule has 0 amide bonds. The van der Waals surface area contributed by atoms with Gasteiger partial charge in [0, 0.05) is 6.42 Å². The lowest BCUT2D eigenvalue weighted by Gasteiger charge is -2.16. The van der Waals surface area contributed by atoms with E-state index in [2.05, 4.69) is 13.1 Å². The first-order chi connectivity index (χ1) is 7.99. The van der Waals surface area contributed by atoms with Crippen LogP contribution in [0.5, 0.6) is 0 Å². The Morgan fingerprint density at radius 3 is 2.06 bits per heavy atom. The zero-order valence-electron chi connectivity index (χ0n) is 8.78. The summed E-state index contributed by atoms with van der Waals surface area (Å²) in [6.45, 7) is 0. The summed E-state index contributed by atoms with van der Waals surface area (Å²) in [5, 5.41) is 0. The quantitative estimate of drug-likeness (QED) is 0.526. The van der Waals surface area contributed by atoms with Gasteiger partial charge < -0.3 is 19.2 Å². The Balaban J connectivity index is 2.66. The van der Waals surface area contributed by atoms with Crippen LogP contribution in [0.2, 0.25) is 0 Å². The van der Waals surface area contributed by atoms with E-state index < -0.39 is 23.5 Å². The van der Waals surface area contributed by atoms with Gasteiger partial charge in [0.05, 0.1) is 0 Å². The van der Waals surface area contributed by atoms with Gasteiger partial charge in [0.2, 0.25) is 0 Å². The molecular formula is C5H11O10P3. The highest BCUT2D eigenvalue weighted by Crippen LogP contribution is 2.67. The molecule has 0 aromatic heterocycles. The van der Waals surface area contributed by atoms with E-state index in [1.807, 2.05) is 0 Å². The van der Waals surface area contributed by atoms with Crippen molar-refractivity contribution in [1.29, 1.82) is 0 Å². The maximum absolute atomic E-state index is 11.3. The number of phosphoric ester groups is 1. The molecule has 4 N–H and O–H groups in total. The molecule has 0 aromatic rings. The molecule has 2 unspecified atom stereocenters. The van der Waals surface area contributed by atoms with Crippen LogP contribution in [-0.2, 0) is 26.8 Å². The molecule has 0 aliphatic heterocycles. The molecule has 0 spiro atoms. The third-order valence-electron chi connectivity index (χ3n) is 1.65. The molecule has 1 aliphatic rings. The van der Waals surface area contributed by atoms with E-state index in [1.165, 1.54) is 6.08 Å². The maximum Gasteiger partial charge on any atom is 0.536 e. The van der Waals surface area contributed by atoms with E-state index >= 15 is 0 Å². The normalized spacial score (nSPS) is 23.0. The lowest BCUT2D eigenvalue weighted by atomic mass is 10.4. The van der Waals surface area contributed by atoms with Crippen molar-refractivity contribution in [3.05, 3.63) is 11.8 Å². The predicted octanol–water partition coefficient (Wildman–Crippen LogP) is 1.40. The van der Waals surface area contributed by atoms with E-state index in [0.29, 0.717) is 19.3 Å². The predicted molar refractivity (Wildman–Crippen MR) is 56.9 cm³/mol. The Kier molecular flexibility index (Phi) is 4.94. The Bertz CT molecular complexity index is 476. The molecule has 10 nitrogen and oxygen atoms in total. The Hall–Kier alpha value is -0.0100. The average molecular weight is 324 g/mol. The third kappa shape index (κ3) is 6.24. The van der Waals surface area contributed by atoms with Crippen LogP contribution in [0, 0.1) is 0 Å². The zero-order chi connectivity index (χ0) is 14.0. The van der Waals surface area contributed by atoms with Crippen molar-refractivity contribution in [2.75, 3.05) is 0 Å². The van der Waals surface area contributed by atoms with Crippen LogP contribution in [0.1, 0.15) is 19.3 Å². The minimum absolute atomic E-state index is 0.0945. The molecule has 0 saturated carbocycles. The van der Waals surface area contributed by atoms with Gasteiger partial charge in [-0.25, -0.2) is 13.7 Å². The van der Waals surface area contributed by atoms with Crippen LogP contribution >= 0.6 is 23.5 Å². The molecule has 106 valence electrons. The average Bonchev–Trinajstić information content (AvgIpc) is 2.46. The highest BCUT2D eigenvalue weighted by Gasteiger charge is 2.41. The lowest BCUT2D eigenvalue weighted by Crippen LogP contribution is -1.96. The van der Waals surface area contributed by atoms with Crippen LogP contribution < -0.4 is 0 Å². The van der Waals surface area contributed by atoms with Gasteiger partial charge in [-0.05, 0) is 18.9 Å². The maximum atomic E-state index is 11.3. The molecule has 2 atom stereocenters. The van der Waals surface area contributed by atoms with Crippen molar-refractivity contribution >= 4 is 23.5 Å². The minimum Gasteiger partial charge on any atom is -0.409 e. The van der Waals surface area contributed by atoms with Crippen molar-refractivity contribution in [3.8, 4) is 0 Å². The van der Waals surface area contributed by atoms with E-state index in [1.54, 1.807) is 0 Å². The fraction of sp³-hybridized carbons (Fsp3) is 0.600. The zero-order valence-corrected chi connectivity index (χ0v) is 11.5. The van der Waals surface area contributed by atoms with Gasteiger partial charge in [0.25, 0.3) is 0 Å². The molecule has 0 fully saturated rings. The molecule has 1 rings (SSSR count). The molecule has 0 aromatic carbocycles. The molecule has 0 heterocycles. The fourth-order valence-electron chi connectivity index (χ4n) is 1.17. The van der Waals surface area contributed by atoms with Gasteiger partial charge in [-0.2, -0.15) is 8.62 Å². The van der Waals surface area contributed by atoms with Gasteiger partial charge in [0.1, 0.15) is 5.76 Å². The topological polar surface area (TPSA) is 160 Å². The van der Waals surface area contributed by atoms with Gasteiger partial charge in [0.15, 0.2) is 0 Å². The Labute approximate surface area is 102 Å². The summed E-state index contributed by atoms with van der Waals surface area (Å²) in [5.41, 5.74) is 0. The lowest BCUT2D eigenvalue weighted by molar-refractivity contribution is 0.193. The van der Waals surface area contributed by atoms with Gasteiger partial charge >= 0.3 is 23.5 Å². The first-order valence-electron chi connectivity index (χ1n) is 4.52. The third-order valence-corrected chi connectivity index (χ3v) is 5.44. The summed E-state index contributed by atoms with van der Waals surface area (Å²) in [6.07, 6.45) is 3.14. The molecule has 0 saturated heterocycles. The second-order valence-corrected chi connectivity index (χ2v) is 7.59. The smallest absolute Gasteiger partial charge is 0.409 e. The number of hydrogen-bond acceptors (Lipinski definition) is 6. The van der Waals surface area contributed by atoms with Crippen LogP contribution in [0.4, 0.5) is 0 Å². The monoisotopic (exact) mass is 324 g/mol. The summed E-state index contributed by atoms with van der Waals surface area (Å²) < 4.78 is 44.1. The van der Waals surface area contributed by atoms with Crippen LogP contribution in [0.3, 0.4) is 0 Å². The van der Waals surface area contributed by atoms with Crippen molar-refractivity contribution in [3.63, 3.8) is 0 Å². The standard InChI is InChI=1S/C5H11O10P3/c6-16(7,8)14-18(11,12)15-17(9,10)13-5-3-1-2-4-5/h3H,1-2,4H2,(H,9,10)(H,11,12)(H2,6,7,8). The second-order valence-electron chi connectivity index (χ2n) is 3.24. The minimum atomic E-state index is -5.42. The first-order valence-corrected chi connectivity index (χ1v) is 9.04.